The van der Waals surface area contributed by atoms with Crippen LogP contribution in [0.4, 0.5) is 10.5 Å². The third kappa shape index (κ3) is 3.23. The molecule has 4 heteroatoms. The van der Waals surface area contributed by atoms with Crippen LogP contribution in [0.25, 0.3) is 0 Å². The van der Waals surface area contributed by atoms with E-state index in [1.54, 1.807) is 0 Å². The number of carbonyl (C=O) groups is 1. The van der Waals surface area contributed by atoms with Crippen molar-refractivity contribution in [1.29, 1.82) is 0 Å². The number of nitrogens with zero attached hydrogens (tertiary/aromatic N) is 1. The highest BCUT2D eigenvalue weighted by Gasteiger charge is 2.26. The molecule has 0 bridgehead atoms. The summed E-state index contributed by atoms with van der Waals surface area (Å²) in [6, 6.07) is 9.59. The van der Waals surface area contributed by atoms with Crippen molar-refractivity contribution >= 4 is 11.7 Å². The highest BCUT2D eigenvalue weighted by molar-refractivity contribution is 5.89. The molecular formula is C14H20N2O2. The molecule has 1 aromatic rings. The number of hydrogen-bond donors (Lipinski definition) is 2. The maximum atomic E-state index is 12.2. The molecule has 0 spiro atoms. The Balaban J connectivity index is 1.98. The number of carbonyl (C=O) groups excluding carboxylic acids is 1. The van der Waals surface area contributed by atoms with Gasteiger partial charge in [0.25, 0.3) is 0 Å². The number of likely N-dealkylation sites (tertiary alicyclic amines) is 1. The predicted octanol–water partition coefficient (Wildman–Crippen LogP) is 2.46. The molecule has 18 heavy (non-hydrogen) atoms. The van der Waals surface area contributed by atoms with E-state index in [9.17, 15) is 4.79 Å². The van der Waals surface area contributed by atoms with Gasteiger partial charge in [0.05, 0.1) is 0 Å². The largest absolute Gasteiger partial charge is 0.396 e. The van der Waals surface area contributed by atoms with E-state index >= 15 is 0 Å². The van der Waals surface area contributed by atoms with Crippen LogP contribution < -0.4 is 5.32 Å². The second kappa shape index (κ2) is 6.40. The molecule has 1 aliphatic rings. The topological polar surface area (TPSA) is 52.6 Å². The van der Waals surface area contributed by atoms with Crippen LogP contribution in [0.5, 0.6) is 0 Å². The molecule has 1 fully saturated rings. The number of aliphatic hydroxyl groups is 1. The van der Waals surface area contributed by atoms with Gasteiger partial charge < -0.3 is 15.3 Å². The summed E-state index contributed by atoms with van der Waals surface area (Å²) >= 11 is 0. The Morgan fingerprint density at radius 2 is 2.11 bits per heavy atom. The molecule has 0 unspecified atom stereocenters. The first-order valence-corrected chi connectivity index (χ1v) is 6.55. The first-order valence-electron chi connectivity index (χ1n) is 6.55. The summed E-state index contributed by atoms with van der Waals surface area (Å²) in [6.45, 7) is 0.920. The van der Waals surface area contributed by atoms with Gasteiger partial charge in [-0.15, -0.1) is 0 Å². The van der Waals surface area contributed by atoms with Crippen LogP contribution in [0.3, 0.4) is 0 Å². The minimum atomic E-state index is -0.0562. The van der Waals surface area contributed by atoms with Gasteiger partial charge in [0.2, 0.25) is 0 Å². The number of urea groups is 1. The molecule has 1 aromatic carbocycles. The van der Waals surface area contributed by atoms with E-state index in [1.807, 2.05) is 35.2 Å². The second-order valence-corrected chi connectivity index (χ2v) is 4.65. The van der Waals surface area contributed by atoms with Crippen molar-refractivity contribution in [1.82, 2.24) is 4.90 Å². The fourth-order valence-electron chi connectivity index (χ4n) is 2.43. The lowest BCUT2D eigenvalue weighted by molar-refractivity contribution is 0.141. The second-order valence-electron chi connectivity index (χ2n) is 4.65. The summed E-state index contributed by atoms with van der Waals surface area (Å²) in [5, 5.41) is 12.0. The Bertz CT molecular complexity index is 379. The molecule has 0 radical (unpaired) electrons. The van der Waals surface area contributed by atoms with Gasteiger partial charge in [-0.25, -0.2) is 4.79 Å². The van der Waals surface area contributed by atoms with E-state index in [1.165, 1.54) is 0 Å². The van der Waals surface area contributed by atoms with Crippen LogP contribution in [0.2, 0.25) is 0 Å². The number of aliphatic hydroxyl groups excluding tert-OH is 1. The number of amides is 2. The summed E-state index contributed by atoms with van der Waals surface area (Å²) in [4.78, 5) is 14.0. The van der Waals surface area contributed by atoms with Crippen LogP contribution in [0, 0.1) is 0 Å². The molecule has 0 aromatic heterocycles. The molecule has 98 valence electrons. The maximum absolute atomic E-state index is 12.2. The van der Waals surface area contributed by atoms with Crippen LogP contribution in [-0.2, 0) is 0 Å². The third-order valence-corrected chi connectivity index (χ3v) is 3.38. The predicted molar refractivity (Wildman–Crippen MR) is 71.5 cm³/mol. The number of piperidine rings is 1. The molecule has 1 aliphatic heterocycles. The molecule has 4 nitrogen and oxygen atoms in total. The summed E-state index contributed by atoms with van der Waals surface area (Å²) in [5.41, 5.74) is 0.816. The van der Waals surface area contributed by atoms with Crippen molar-refractivity contribution in [2.45, 2.75) is 31.7 Å². The van der Waals surface area contributed by atoms with Crippen molar-refractivity contribution in [2.24, 2.45) is 0 Å². The molecule has 0 saturated carbocycles. The number of nitrogens with one attached hydrogen (secondary N) is 1. The highest BCUT2D eigenvalue weighted by Crippen LogP contribution is 2.20. The van der Waals surface area contributed by atoms with Gasteiger partial charge in [-0.3, -0.25) is 0 Å². The Morgan fingerprint density at radius 1 is 1.33 bits per heavy atom. The van der Waals surface area contributed by atoms with E-state index < -0.39 is 0 Å². The van der Waals surface area contributed by atoms with Gasteiger partial charge >= 0.3 is 6.03 Å². The average Bonchev–Trinajstić information content (AvgIpc) is 2.41. The Labute approximate surface area is 108 Å². The van der Waals surface area contributed by atoms with E-state index in [2.05, 4.69) is 5.32 Å². The zero-order chi connectivity index (χ0) is 12.8. The summed E-state index contributed by atoms with van der Waals surface area (Å²) < 4.78 is 0. The van der Waals surface area contributed by atoms with Gasteiger partial charge in [0.1, 0.15) is 0 Å². The monoisotopic (exact) mass is 248 g/mol. The highest BCUT2D eigenvalue weighted by atomic mass is 16.3. The number of benzene rings is 1. The number of rotatable bonds is 3. The smallest absolute Gasteiger partial charge is 0.322 e. The Hall–Kier alpha value is -1.55. The molecule has 1 heterocycles. The Morgan fingerprint density at radius 3 is 2.83 bits per heavy atom. The van der Waals surface area contributed by atoms with Crippen LogP contribution in [0.15, 0.2) is 30.3 Å². The van der Waals surface area contributed by atoms with Crippen LogP contribution >= 0.6 is 0 Å². The fraction of sp³-hybridized carbons (Fsp3) is 0.500. The summed E-state index contributed by atoms with van der Waals surface area (Å²) in [5.74, 6) is 0. The number of para-hydroxylation sites is 1. The van der Waals surface area contributed by atoms with Crippen LogP contribution in [0.1, 0.15) is 25.7 Å². The van der Waals surface area contributed by atoms with Gasteiger partial charge in [-0.05, 0) is 37.8 Å². The first kappa shape index (κ1) is 12.9. The fourth-order valence-corrected chi connectivity index (χ4v) is 2.43. The van der Waals surface area contributed by atoms with E-state index in [0.29, 0.717) is 6.42 Å². The van der Waals surface area contributed by atoms with Gasteiger partial charge in [0, 0.05) is 24.9 Å². The first-order chi connectivity index (χ1) is 8.81. The molecule has 1 saturated heterocycles. The van der Waals surface area contributed by atoms with E-state index in [-0.39, 0.29) is 18.7 Å². The lowest BCUT2D eigenvalue weighted by atomic mass is 10.0. The minimum Gasteiger partial charge on any atom is -0.396 e. The zero-order valence-electron chi connectivity index (χ0n) is 10.5. The minimum absolute atomic E-state index is 0.0562. The van der Waals surface area contributed by atoms with E-state index in [4.69, 9.17) is 5.11 Å². The lowest BCUT2D eigenvalue weighted by Crippen LogP contribution is -2.46. The van der Waals surface area contributed by atoms with E-state index in [0.717, 1.165) is 31.5 Å². The number of anilines is 1. The van der Waals surface area contributed by atoms with Crippen molar-refractivity contribution < 1.29 is 9.90 Å². The molecule has 0 aliphatic carbocycles. The maximum Gasteiger partial charge on any atom is 0.322 e. The van der Waals surface area contributed by atoms with Crippen molar-refractivity contribution in [3.63, 3.8) is 0 Å². The van der Waals surface area contributed by atoms with Gasteiger partial charge in [0.15, 0.2) is 0 Å². The van der Waals surface area contributed by atoms with Crippen LogP contribution in [-0.4, -0.2) is 35.2 Å². The third-order valence-electron chi connectivity index (χ3n) is 3.38. The molecule has 2 rings (SSSR count). The molecular weight excluding hydrogens is 228 g/mol. The average molecular weight is 248 g/mol. The van der Waals surface area contributed by atoms with Crippen molar-refractivity contribution in [3.8, 4) is 0 Å². The SMILES string of the molecule is O=C(Nc1ccccc1)N1CCCC[C@@H]1CCO. The summed E-state index contributed by atoms with van der Waals surface area (Å²) in [6.07, 6.45) is 3.84. The lowest BCUT2D eigenvalue weighted by Gasteiger charge is -2.35. The Kier molecular flexibility index (Phi) is 4.59. The quantitative estimate of drug-likeness (QED) is 0.863. The zero-order valence-corrected chi connectivity index (χ0v) is 10.5. The molecule has 2 amide bonds. The van der Waals surface area contributed by atoms with Gasteiger partial charge in [-0.1, -0.05) is 18.2 Å². The summed E-state index contributed by atoms with van der Waals surface area (Å²) in [7, 11) is 0. The normalized spacial score (nSPS) is 19.6. The standard InChI is InChI=1S/C14H20N2O2/c17-11-9-13-8-4-5-10-16(13)14(18)15-12-6-2-1-3-7-12/h1-3,6-7,13,17H,4-5,8-11H2,(H,15,18)/t13-/m1/s1. The van der Waals surface area contributed by atoms with Gasteiger partial charge in [-0.2, -0.15) is 0 Å². The number of hydrogen-bond acceptors (Lipinski definition) is 2. The van der Waals surface area contributed by atoms with Crippen molar-refractivity contribution in [2.75, 3.05) is 18.5 Å². The molecule has 2 N–H and O–H groups in total. The molecule has 1 atom stereocenters. The van der Waals surface area contributed by atoms with Crippen molar-refractivity contribution in [3.05, 3.63) is 30.3 Å².